The molecule has 1 heterocycles. The van der Waals surface area contributed by atoms with Gasteiger partial charge in [-0.3, -0.25) is 4.79 Å². The zero-order valence-corrected chi connectivity index (χ0v) is 17.3. The fourth-order valence-corrected chi connectivity index (χ4v) is 3.78. The number of hydrogen-bond donors (Lipinski definition) is 1. The Morgan fingerprint density at radius 1 is 1.21 bits per heavy atom. The number of rotatable bonds is 7. The van der Waals surface area contributed by atoms with E-state index >= 15 is 0 Å². The van der Waals surface area contributed by atoms with Crippen molar-refractivity contribution in [1.29, 1.82) is 5.26 Å². The number of halogens is 1. The number of ether oxygens (including phenoxy) is 1. The van der Waals surface area contributed by atoms with Crippen molar-refractivity contribution < 1.29 is 9.53 Å². The molecular formula is C22H18ClN3O2S. The molecule has 1 N–H and O–H groups in total. The molecule has 1 aromatic heterocycles. The van der Waals surface area contributed by atoms with Crippen molar-refractivity contribution in [2.75, 3.05) is 18.2 Å². The number of thioether (sulfide) groups is 1. The van der Waals surface area contributed by atoms with Crippen molar-refractivity contribution in [3.8, 4) is 23.1 Å². The van der Waals surface area contributed by atoms with Crippen LogP contribution in [0.25, 0.3) is 11.3 Å². The van der Waals surface area contributed by atoms with Gasteiger partial charge in [-0.15, -0.1) is 11.8 Å². The van der Waals surface area contributed by atoms with E-state index in [4.69, 9.17) is 16.3 Å². The van der Waals surface area contributed by atoms with Gasteiger partial charge in [0.1, 0.15) is 16.8 Å². The number of methoxy groups -OCH3 is 1. The van der Waals surface area contributed by atoms with Crippen molar-refractivity contribution in [1.82, 2.24) is 4.98 Å². The number of carbonyl (C=O) groups excluding carboxylic acids is 1. The van der Waals surface area contributed by atoms with Crippen LogP contribution < -0.4 is 10.1 Å². The SMILES string of the molecule is COc1ccc(NC(=O)CCSc2nc(-c3ccccc3)ccc2C#N)cc1Cl. The largest absolute Gasteiger partial charge is 0.495 e. The van der Waals surface area contributed by atoms with E-state index in [1.54, 1.807) is 24.3 Å². The van der Waals surface area contributed by atoms with Crippen LogP contribution in [0.2, 0.25) is 5.02 Å². The third-order valence-corrected chi connectivity index (χ3v) is 5.34. The van der Waals surface area contributed by atoms with Gasteiger partial charge in [0.25, 0.3) is 0 Å². The van der Waals surface area contributed by atoms with Crippen molar-refractivity contribution in [2.45, 2.75) is 11.4 Å². The molecule has 0 saturated carbocycles. The molecule has 0 bridgehead atoms. The summed E-state index contributed by atoms with van der Waals surface area (Å²) in [6.07, 6.45) is 0.274. The summed E-state index contributed by atoms with van der Waals surface area (Å²) < 4.78 is 5.10. The molecule has 3 rings (SSSR count). The molecule has 0 aliphatic heterocycles. The standard InChI is InChI=1S/C22H18ClN3O2S/c1-28-20-10-8-17(13-18(20)23)25-21(27)11-12-29-22-16(14-24)7-9-19(26-22)15-5-3-2-4-6-15/h2-10,13H,11-12H2,1H3,(H,25,27). The van der Waals surface area contributed by atoms with Crippen LogP contribution in [0.3, 0.4) is 0 Å². The van der Waals surface area contributed by atoms with Crippen LogP contribution in [0, 0.1) is 11.3 Å². The molecule has 5 nitrogen and oxygen atoms in total. The lowest BCUT2D eigenvalue weighted by Gasteiger charge is -2.09. The highest BCUT2D eigenvalue weighted by Crippen LogP contribution is 2.28. The van der Waals surface area contributed by atoms with Crippen LogP contribution in [0.4, 0.5) is 5.69 Å². The first-order valence-electron chi connectivity index (χ1n) is 8.83. The molecule has 3 aromatic rings. The number of benzene rings is 2. The van der Waals surface area contributed by atoms with E-state index in [0.717, 1.165) is 11.3 Å². The van der Waals surface area contributed by atoms with E-state index in [2.05, 4.69) is 16.4 Å². The van der Waals surface area contributed by atoms with Gasteiger partial charge in [0.05, 0.1) is 23.4 Å². The molecule has 7 heteroatoms. The smallest absolute Gasteiger partial charge is 0.225 e. The first-order valence-corrected chi connectivity index (χ1v) is 10.2. The quantitative estimate of drug-likeness (QED) is 0.514. The number of aromatic nitrogens is 1. The number of carbonyl (C=O) groups is 1. The second-order valence-electron chi connectivity index (χ2n) is 6.02. The summed E-state index contributed by atoms with van der Waals surface area (Å²) in [6, 6.07) is 20.6. The molecule has 146 valence electrons. The Hall–Kier alpha value is -3.01. The third kappa shape index (κ3) is 5.50. The summed E-state index contributed by atoms with van der Waals surface area (Å²) in [6.45, 7) is 0. The number of hydrogen-bond acceptors (Lipinski definition) is 5. The van der Waals surface area contributed by atoms with E-state index in [1.165, 1.54) is 18.9 Å². The lowest BCUT2D eigenvalue weighted by atomic mass is 10.1. The monoisotopic (exact) mass is 423 g/mol. The van der Waals surface area contributed by atoms with Gasteiger partial charge in [0.2, 0.25) is 5.91 Å². The Labute approximate surface area is 178 Å². The number of pyridine rings is 1. The highest BCUT2D eigenvalue weighted by atomic mass is 35.5. The lowest BCUT2D eigenvalue weighted by molar-refractivity contribution is -0.115. The average molecular weight is 424 g/mol. The molecule has 0 atom stereocenters. The molecule has 0 aliphatic carbocycles. The van der Waals surface area contributed by atoms with Crippen LogP contribution in [-0.4, -0.2) is 23.8 Å². The number of amides is 1. The molecule has 0 aliphatic rings. The maximum Gasteiger partial charge on any atom is 0.225 e. The van der Waals surface area contributed by atoms with E-state index in [-0.39, 0.29) is 12.3 Å². The summed E-state index contributed by atoms with van der Waals surface area (Å²) in [5.74, 6) is 0.903. The van der Waals surface area contributed by atoms with Gasteiger partial charge in [-0.25, -0.2) is 4.98 Å². The summed E-state index contributed by atoms with van der Waals surface area (Å²) in [5.41, 5.74) is 2.88. The fraction of sp³-hybridized carbons (Fsp3) is 0.136. The maximum atomic E-state index is 12.2. The first kappa shape index (κ1) is 20.7. The predicted molar refractivity (Wildman–Crippen MR) is 116 cm³/mol. The van der Waals surface area contributed by atoms with Gasteiger partial charge in [-0.1, -0.05) is 41.9 Å². The minimum atomic E-state index is -0.142. The number of nitriles is 1. The highest BCUT2D eigenvalue weighted by molar-refractivity contribution is 7.99. The third-order valence-electron chi connectivity index (χ3n) is 4.05. The van der Waals surface area contributed by atoms with Gasteiger partial charge in [-0.05, 0) is 30.3 Å². The van der Waals surface area contributed by atoms with Gasteiger partial charge in [-0.2, -0.15) is 5.26 Å². The van der Waals surface area contributed by atoms with Crippen molar-refractivity contribution in [3.63, 3.8) is 0 Å². The van der Waals surface area contributed by atoms with E-state index in [0.29, 0.717) is 32.8 Å². The van der Waals surface area contributed by atoms with E-state index < -0.39 is 0 Å². The zero-order chi connectivity index (χ0) is 20.6. The maximum absolute atomic E-state index is 12.2. The van der Waals surface area contributed by atoms with E-state index in [9.17, 15) is 10.1 Å². The molecule has 0 radical (unpaired) electrons. The Morgan fingerprint density at radius 3 is 2.69 bits per heavy atom. The number of nitrogens with one attached hydrogen (secondary N) is 1. The van der Waals surface area contributed by atoms with Crippen LogP contribution in [-0.2, 0) is 4.79 Å². The number of nitrogens with zero attached hydrogens (tertiary/aromatic N) is 2. The second kappa shape index (κ2) is 9.97. The summed E-state index contributed by atoms with van der Waals surface area (Å²) in [4.78, 5) is 16.8. The van der Waals surface area contributed by atoms with E-state index in [1.807, 2.05) is 36.4 Å². The predicted octanol–water partition coefficient (Wildman–Crippen LogP) is 5.40. The lowest BCUT2D eigenvalue weighted by Crippen LogP contribution is -2.12. The Bertz CT molecular complexity index is 1050. The van der Waals surface area contributed by atoms with Crippen molar-refractivity contribution in [2.24, 2.45) is 0 Å². The molecular weight excluding hydrogens is 406 g/mol. The van der Waals surface area contributed by atoms with Gasteiger partial charge >= 0.3 is 0 Å². The minimum Gasteiger partial charge on any atom is -0.495 e. The summed E-state index contributed by atoms with van der Waals surface area (Å²) >= 11 is 7.46. The zero-order valence-electron chi connectivity index (χ0n) is 15.7. The first-order chi connectivity index (χ1) is 14.1. The highest BCUT2D eigenvalue weighted by Gasteiger charge is 2.10. The molecule has 1 amide bonds. The molecule has 29 heavy (non-hydrogen) atoms. The minimum absolute atomic E-state index is 0.142. The Kier molecular flexibility index (Phi) is 7.12. The van der Waals surface area contributed by atoms with Gasteiger partial charge in [0, 0.05) is 23.4 Å². The van der Waals surface area contributed by atoms with Gasteiger partial charge < -0.3 is 10.1 Å². The Morgan fingerprint density at radius 2 is 2.00 bits per heavy atom. The molecule has 0 saturated heterocycles. The van der Waals surface area contributed by atoms with Gasteiger partial charge in [0.15, 0.2) is 0 Å². The van der Waals surface area contributed by atoms with Crippen LogP contribution in [0.1, 0.15) is 12.0 Å². The molecule has 0 spiro atoms. The second-order valence-corrected chi connectivity index (χ2v) is 7.51. The topological polar surface area (TPSA) is 75.0 Å². The average Bonchev–Trinajstić information content (AvgIpc) is 2.74. The molecule has 2 aromatic carbocycles. The summed E-state index contributed by atoms with van der Waals surface area (Å²) in [5, 5.41) is 13.2. The van der Waals surface area contributed by atoms with Crippen LogP contribution in [0.5, 0.6) is 5.75 Å². The summed E-state index contributed by atoms with van der Waals surface area (Å²) in [7, 11) is 1.53. The number of anilines is 1. The normalized spacial score (nSPS) is 10.2. The molecule has 0 unspecified atom stereocenters. The fourth-order valence-electron chi connectivity index (χ4n) is 2.61. The van der Waals surface area contributed by atoms with Crippen LogP contribution in [0.15, 0.2) is 65.7 Å². The Balaban J connectivity index is 1.61. The van der Waals surface area contributed by atoms with Crippen molar-refractivity contribution >= 4 is 35.0 Å². The van der Waals surface area contributed by atoms with Crippen molar-refractivity contribution in [3.05, 3.63) is 71.2 Å². The molecule has 0 fully saturated rings. The van der Waals surface area contributed by atoms with Crippen LogP contribution >= 0.6 is 23.4 Å².